The van der Waals surface area contributed by atoms with Gasteiger partial charge in [-0.15, -0.1) is 0 Å². The van der Waals surface area contributed by atoms with Crippen molar-refractivity contribution in [1.29, 1.82) is 0 Å². The molecule has 1 amide bonds. The number of ether oxygens (including phenoxy) is 2. The zero-order valence-electron chi connectivity index (χ0n) is 18.5. The molecule has 3 rings (SSSR count). The Kier molecular flexibility index (Phi) is 7.42. The highest BCUT2D eigenvalue weighted by atomic mass is 32.2. The number of thioether (sulfide) groups is 1. The molecule has 1 saturated heterocycles. The lowest BCUT2D eigenvalue weighted by Crippen LogP contribution is -2.40. The summed E-state index contributed by atoms with van der Waals surface area (Å²) in [6, 6.07) is 5.60. The lowest BCUT2D eigenvalue weighted by atomic mass is 9.82. The summed E-state index contributed by atoms with van der Waals surface area (Å²) in [7, 11) is 0. The highest BCUT2D eigenvalue weighted by Gasteiger charge is 2.49. The number of amides is 1. The summed E-state index contributed by atoms with van der Waals surface area (Å²) in [4.78, 5) is 51.1. The quantitative estimate of drug-likeness (QED) is 0.260. The van der Waals surface area contributed by atoms with E-state index >= 15 is 0 Å². The third-order valence-electron chi connectivity index (χ3n) is 5.24. The maximum Gasteiger partial charge on any atom is 0.338 e. The summed E-state index contributed by atoms with van der Waals surface area (Å²) >= 11 is 1.12. The SMILES string of the molecule is CCCCOC(=O)C1=C(N)N2C(=O)C(C)SC2=C(C(=O)OCC)C1c1cccc([N+](=O)[O-])c1. The summed E-state index contributed by atoms with van der Waals surface area (Å²) in [6.45, 7) is 5.41. The summed E-state index contributed by atoms with van der Waals surface area (Å²) < 4.78 is 10.6. The van der Waals surface area contributed by atoms with Crippen molar-refractivity contribution >= 4 is 35.3 Å². The van der Waals surface area contributed by atoms with Gasteiger partial charge < -0.3 is 15.2 Å². The van der Waals surface area contributed by atoms with Gasteiger partial charge in [-0.1, -0.05) is 37.2 Å². The number of benzene rings is 1. The Morgan fingerprint density at radius 2 is 1.91 bits per heavy atom. The number of unbranched alkanes of at least 4 members (excludes halogenated alkanes) is 1. The number of esters is 2. The number of hydrogen-bond acceptors (Lipinski definition) is 9. The number of rotatable bonds is 8. The van der Waals surface area contributed by atoms with Crippen LogP contribution < -0.4 is 5.73 Å². The number of fused-ring (bicyclic) bond motifs is 1. The normalized spacial score (nSPS) is 20.1. The van der Waals surface area contributed by atoms with E-state index < -0.39 is 28.0 Å². The number of nitrogens with two attached hydrogens (primary N) is 1. The average Bonchev–Trinajstić information content (AvgIpc) is 3.08. The van der Waals surface area contributed by atoms with Crippen LogP contribution in [0.4, 0.5) is 5.69 Å². The average molecular weight is 476 g/mol. The van der Waals surface area contributed by atoms with Crippen LogP contribution in [0.1, 0.15) is 45.1 Å². The first-order chi connectivity index (χ1) is 15.7. The number of nitro groups is 1. The van der Waals surface area contributed by atoms with Crippen LogP contribution in [-0.4, -0.2) is 46.1 Å². The zero-order valence-corrected chi connectivity index (χ0v) is 19.3. The molecule has 0 spiro atoms. The molecule has 0 saturated carbocycles. The molecule has 0 aliphatic carbocycles. The Balaban J connectivity index is 2.26. The van der Waals surface area contributed by atoms with E-state index in [4.69, 9.17) is 15.2 Å². The second-order valence-electron chi connectivity index (χ2n) is 7.45. The molecule has 10 nitrogen and oxygen atoms in total. The van der Waals surface area contributed by atoms with Crippen molar-refractivity contribution in [3.63, 3.8) is 0 Å². The van der Waals surface area contributed by atoms with Crippen molar-refractivity contribution in [2.75, 3.05) is 13.2 Å². The van der Waals surface area contributed by atoms with E-state index in [1.807, 2.05) is 6.92 Å². The molecule has 2 aliphatic heterocycles. The van der Waals surface area contributed by atoms with Gasteiger partial charge in [-0.25, -0.2) is 9.59 Å². The lowest BCUT2D eigenvalue weighted by Gasteiger charge is -2.33. The molecule has 11 heteroatoms. The molecular weight excluding hydrogens is 450 g/mol. The monoisotopic (exact) mass is 475 g/mol. The van der Waals surface area contributed by atoms with Crippen LogP contribution in [0.25, 0.3) is 0 Å². The Hall–Kier alpha value is -3.34. The Labute approximate surface area is 194 Å². The number of carbonyl (C=O) groups is 3. The highest BCUT2D eigenvalue weighted by molar-refractivity contribution is 8.04. The fourth-order valence-electron chi connectivity index (χ4n) is 3.68. The molecule has 2 N–H and O–H groups in total. The number of hydrogen-bond donors (Lipinski definition) is 1. The smallest absolute Gasteiger partial charge is 0.338 e. The molecule has 1 aromatic rings. The van der Waals surface area contributed by atoms with Crippen molar-refractivity contribution in [1.82, 2.24) is 4.90 Å². The molecule has 33 heavy (non-hydrogen) atoms. The van der Waals surface area contributed by atoms with Gasteiger partial charge in [0.1, 0.15) is 5.82 Å². The molecule has 0 aromatic heterocycles. The van der Waals surface area contributed by atoms with Crippen molar-refractivity contribution in [2.45, 2.75) is 44.8 Å². The van der Waals surface area contributed by atoms with Crippen LogP contribution in [0.3, 0.4) is 0 Å². The number of nitro benzene ring substituents is 1. The molecule has 2 aliphatic rings. The fraction of sp³-hybridized carbons (Fsp3) is 0.409. The van der Waals surface area contributed by atoms with Crippen LogP contribution >= 0.6 is 11.8 Å². The minimum absolute atomic E-state index is 0.0247. The molecule has 2 atom stereocenters. The second kappa shape index (κ2) is 10.1. The van der Waals surface area contributed by atoms with E-state index in [1.54, 1.807) is 19.9 Å². The molecule has 176 valence electrons. The summed E-state index contributed by atoms with van der Waals surface area (Å²) in [5.41, 5.74) is 6.31. The summed E-state index contributed by atoms with van der Waals surface area (Å²) in [6.07, 6.45) is 1.40. The third kappa shape index (κ3) is 4.58. The second-order valence-corrected chi connectivity index (χ2v) is 8.78. The molecule has 1 fully saturated rings. The zero-order chi connectivity index (χ0) is 24.3. The number of non-ortho nitro benzene ring substituents is 1. The van der Waals surface area contributed by atoms with Crippen molar-refractivity contribution in [3.8, 4) is 0 Å². The maximum absolute atomic E-state index is 13.2. The van der Waals surface area contributed by atoms with E-state index in [2.05, 4.69) is 0 Å². The van der Waals surface area contributed by atoms with Crippen molar-refractivity contribution in [2.24, 2.45) is 5.73 Å². The molecule has 1 aromatic carbocycles. The van der Waals surface area contributed by atoms with E-state index in [1.165, 1.54) is 18.2 Å². The van der Waals surface area contributed by atoms with Gasteiger partial charge in [0.15, 0.2) is 0 Å². The van der Waals surface area contributed by atoms with Gasteiger partial charge in [0.05, 0.1) is 45.5 Å². The van der Waals surface area contributed by atoms with Gasteiger partial charge >= 0.3 is 11.9 Å². The van der Waals surface area contributed by atoms with Gasteiger partial charge in [-0.3, -0.25) is 19.8 Å². The van der Waals surface area contributed by atoms with E-state index in [0.29, 0.717) is 6.42 Å². The van der Waals surface area contributed by atoms with Gasteiger partial charge in [-0.2, -0.15) is 0 Å². The Morgan fingerprint density at radius 3 is 2.55 bits per heavy atom. The summed E-state index contributed by atoms with van der Waals surface area (Å²) in [5, 5.41) is 11.1. The standard InChI is InChI=1S/C22H25N3O7S/c1-4-6-10-32-21(27)16-15(13-8-7-9-14(11-13)25(29)30)17(22(28)31-5-2)20-24(18(16)23)19(26)12(3)33-20/h7-9,11-12,15H,4-6,10,23H2,1-3H3. The first-order valence-electron chi connectivity index (χ1n) is 10.6. The van der Waals surface area contributed by atoms with Crippen LogP contribution in [0, 0.1) is 10.1 Å². The third-order valence-corrected chi connectivity index (χ3v) is 6.43. The molecule has 0 radical (unpaired) electrons. The molecule has 0 bridgehead atoms. The Bertz CT molecular complexity index is 1070. The molecule has 2 unspecified atom stereocenters. The van der Waals surface area contributed by atoms with Crippen LogP contribution in [0.15, 0.2) is 46.3 Å². The molecular formula is C22H25N3O7S. The minimum Gasteiger partial charge on any atom is -0.463 e. The summed E-state index contributed by atoms with van der Waals surface area (Å²) in [5.74, 6) is -3.18. The number of carbonyl (C=O) groups excluding carboxylic acids is 3. The van der Waals surface area contributed by atoms with Crippen LogP contribution in [0.5, 0.6) is 0 Å². The first-order valence-corrected chi connectivity index (χ1v) is 11.4. The predicted octanol–water partition coefficient (Wildman–Crippen LogP) is 2.94. The van der Waals surface area contributed by atoms with Crippen molar-refractivity contribution in [3.05, 3.63) is 61.9 Å². The topological polar surface area (TPSA) is 142 Å². The van der Waals surface area contributed by atoms with E-state index in [0.717, 1.165) is 23.1 Å². The van der Waals surface area contributed by atoms with Gasteiger partial charge in [-0.05, 0) is 25.8 Å². The first kappa shape index (κ1) is 24.3. The largest absolute Gasteiger partial charge is 0.463 e. The van der Waals surface area contributed by atoms with E-state index in [-0.39, 0.29) is 52.4 Å². The van der Waals surface area contributed by atoms with Gasteiger partial charge in [0.2, 0.25) is 5.91 Å². The highest BCUT2D eigenvalue weighted by Crippen LogP contribution is 2.50. The van der Waals surface area contributed by atoms with Gasteiger partial charge in [0.25, 0.3) is 5.69 Å². The molecule has 2 heterocycles. The predicted molar refractivity (Wildman–Crippen MR) is 120 cm³/mol. The van der Waals surface area contributed by atoms with Crippen LogP contribution in [0.2, 0.25) is 0 Å². The Morgan fingerprint density at radius 1 is 1.21 bits per heavy atom. The van der Waals surface area contributed by atoms with Gasteiger partial charge in [0, 0.05) is 12.1 Å². The van der Waals surface area contributed by atoms with E-state index in [9.17, 15) is 24.5 Å². The maximum atomic E-state index is 13.2. The minimum atomic E-state index is -1.10. The van der Waals surface area contributed by atoms with Crippen LogP contribution in [-0.2, 0) is 23.9 Å². The lowest BCUT2D eigenvalue weighted by molar-refractivity contribution is -0.384. The fourth-order valence-corrected chi connectivity index (χ4v) is 4.84. The number of nitrogens with zero attached hydrogens (tertiary/aromatic N) is 2. The van der Waals surface area contributed by atoms with Crippen molar-refractivity contribution < 1.29 is 28.8 Å².